The molecule has 0 saturated carbocycles. The summed E-state index contributed by atoms with van der Waals surface area (Å²) in [6, 6.07) is 24.9. The molecule has 7 rings (SSSR count). The van der Waals surface area contributed by atoms with E-state index in [4.69, 9.17) is 11.6 Å². The van der Waals surface area contributed by atoms with Crippen LogP contribution >= 0.6 is 11.6 Å². The first-order valence-electron chi connectivity index (χ1n) is 12.6. The molecule has 0 bridgehead atoms. The van der Waals surface area contributed by atoms with E-state index < -0.39 is 23.4 Å². The van der Waals surface area contributed by atoms with Gasteiger partial charge in [0.1, 0.15) is 5.41 Å². The van der Waals surface area contributed by atoms with Crippen LogP contribution in [0.5, 0.6) is 0 Å². The van der Waals surface area contributed by atoms with Gasteiger partial charge in [0.2, 0.25) is 5.91 Å². The zero-order valence-corrected chi connectivity index (χ0v) is 21.3. The number of anilines is 2. The molecule has 1 saturated heterocycles. The number of halogens is 1. The fraction of sp³-hybridized carbons (Fsp3) is 0.156. The Morgan fingerprint density at radius 3 is 2.45 bits per heavy atom. The monoisotopic (exact) mass is 518 g/mol. The Morgan fingerprint density at radius 1 is 0.921 bits per heavy atom. The van der Waals surface area contributed by atoms with Crippen molar-refractivity contribution in [1.29, 1.82) is 0 Å². The molecule has 38 heavy (non-hydrogen) atoms. The van der Waals surface area contributed by atoms with E-state index in [1.165, 1.54) is 6.92 Å². The maximum atomic E-state index is 14.4. The summed E-state index contributed by atoms with van der Waals surface area (Å²) in [6.45, 7) is 1.51. The van der Waals surface area contributed by atoms with Crippen LogP contribution in [0, 0.1) is 5.92 Å². The Morgan fingerprint density at radius 2 is 1.66 bits per heavy atom. The molecular formula is C32H23ClN2O3. The molecule has 0 radical (unpaired) electrons. The maximum absolute atomic E-state index is 14.4. The number of para-hydroxylation sites is 1. The third-order valence-corrected chi connectivity index (χ3v) is 8.62. The Kier molecular flexibility index (Phi) is 4.91. The first-order valence-corrected chi connectivity index (χ1v) is 13.0. The smallest absolute Gasteiger partial charge is 0.238 e. The molecule has 3 aliphatic rings. The minimum Gasteiger partial charge on any atom is -0.352 e. The van der Waals surface area contributed by atoms with Crippen molar-refractivity contribution >= 4 is 57.3 Å². The summed E-state index contributed by atoms with van der Waals surface area (Å²) in [7, 11) is 0. The van der Waals surface area contributed by atoms with E-state index in [1.54, 1.807) is 24.3 Å². The van der Waals surface area contributed by atoms with E-state index in [-0.39, 0.29) is 17.5 Å². The molecule has 4 aromatic carbocycles. The molecule has 3 heterocycles. The number of benzene rings is 4. The first-order chi connectivity index (χ1) is 18.4. The Labute approximate surface area is 224 Å². The summed E-state index contributed by atoms with van der Waals surface area (Å²) in [5.74, 6) is -1.62. The highest BCUT2D eigenvalue weighted by atomic mass is 35.5. The number of carbonyl (C=O) groups is 3. The van der Waals surface area contributed by atoms with E-state index in [2.05, 4.69) is 17.4 Å². The summed E-state index contributed by atoms with van der Waals surface area (Å²) < 4.78 is 0. The van der Waals surface area contributed by atoms with Crippen molar-refractivity contribution in [2.75, 3.05) is 10.2 Å². The zero-order chi connectivity index (χ0) is 26.2. The molecule has 1 fully saturated rings. The van der Waals surface area contributed by atoms with Crippen molar-refractivity contribution in [2.24, 2.45) is 5.92 Å². The van der Waals surface area contributed by atoms with Gasteiger partial charge in [0, 0.05) is 27.5 Å². The van der Waals surface area contributed by atoms with Gasteiger partial charge in [-0.2, -0.15) is 0 Å². The SMILES string of the molecule is CC(=O)[C@H]1[C@H](C(=O)c2ccc(Cl)cc2)[C@]2(C(=O)Nc3ccccc32)[C@H]2C=Cc3c(ccc4ccccc34)N12. The van der Waals surface area contributed by atoms with Gasteiger partial charge in [0.25, 0.3) is 0 Å². The third-order valence-electron chi connectivity index (χ3n) is 8.37. The lowest BCUT2D eigenvalue weighted by molar-refractivity contribution is -0.122. The van der Waals surface area contributed by atoms with Crippen LogP contribution in [0.25, 0.3) is 16.8 Å². The van der Waals surface area contributed by atoms with Gasteiger partial charge in [0.05, 0.1) is 18.0 Å². The summed E-state index contributed by atoms with van der Waals surface area (Å²) in [4.78, 5) is 44.2. The second kappa shape index (κ2) is 8.14. The van der Waals surface area contributed by atoms with Crippen molar-refractivity contribution in [1.82, 2.24) is 0 Å². The number of ketones is 2. The lowest BCUT2D eigenvalue weighted by Crippen LogP contribution is -2.51. The summed E-state index contributed by atoms with van der Waals surface area (Å²) in [5, 5.41) is 5.69. The molecule has 1 spiro atoms. The average Bonchev–Trinajstić information content (AvgIpc) is 3.41. The van der Waals surface area contributed by atoms with Crippen LogP contribution in [-0.2, 0) is 15.0 Å². The van der Waals surface area contributed by atoms with Crippen LogP contribution in [0.4, 0.5) is 11.4 Å². The van der Waals surface area contributed by atoms with E-state index in [0.717, 1.165) is 27.6 Å². The van der Waals surface area contributed by atoms with Gasteiger partial charge in [-0.1, -0.05) is 72.3 Å². The van der Waals surface area contributed by atoms with Crippen LogP contribution in [0.1, 0.15) is 28.4 Å². The van der Waals surface area contributed by atoms with Crippen molar-refractivity contribution in [3.05, 3.63) is 113 Å². The van der Waals surface area contributed by atoms with Gasteiger partial charge in [-0.15, -0.1) is 0 Å². The molecule has 1 amide bonds. The summed E-state index contributed by atoms with van der Waals surface area (Å²) >= 11 is 6.12. The van der Waals surface area contributed by atoms with E-state index in [0.29, 0.717) is 16.3 Å². The third kappa shape index (κ3) is 2.91. The highest BCUT2D eigenvalue weighted by Crippen LogP contribution is 2.58. The van der Waals surface area contributed by atoms with Gasteiger partial charge in [-0.25, -0.2) is 0 Å². The zero-order valence-electron chi connectivity index (χ0n) is 20.5. The first kappa shape index (κ1) is 22.9. The number of amides is 1. The number of carbonyl (C=O) groups excluding carboxylic acids is 3. The molecule has 1 N–H and O–H groups in total. The van der Waals surface area contributed by atoms with Crippen LogP contribution < -0.4 is 10.2 Å². The molecule has 0 aliphatic carbocycles. The summed E-state index contributed by atoms with van der Waals surface area (Å²) in [6.07, 6.45) is 4.04. The molecule has 0 aromatic heterocycles. The van der Waals surface area contributed by atoms with Crippen molar-refractivity contribution < 1.29 is 14.4 Å². The van der Waals surface area contributed by atoms with Gasteiger partial charge >= 0.3 is 0 Å². The quantitative estimate of drug-likeness (QED) is 0.335. The predicted molar refractivity (Wildman–Crippen MR) is 150 cm³/mol. The number of hydrogen-bond donors (Lipinski definition) is 1. The second-order valence-electron chi connectivity index (χ2n) is 10.2. The molecule has 0 unspecified atom stereocenters. The number of fused-ring (bicyclic) bond motifs is 8. The highest BCUT2D eigenvalue weighted by Gasteiger charge is 2.69. The Hall–Kier alpha value is -4.22. The van der Waals surface area contributed by atoms with E-state index >= 15 is 0 Å². The standard InChI is InChI=1S/C32H23ClN2O3/c1-18(36)29-28(30(37)20-10-13-21(33)14-11-20)32(24-8-4-5-9-25(24)34-31(32)38)27-17-15-23-22-7-3-2-6-19(22)12-16-26(23)35(27)29/h2-17,27-29H,1H3,(H,34,38)/t27-,28-,29+,32-/m1/s1. The van der Waals surface area contributed by atoms with Crippen LogP contribution in [0.3, 0.4) is 0 Å². The van der Waals surface area contributed by atoms with Gasteiger partial charge in [-0.3, -0.25) is 14.4 Å². The minimum atomic E-state index is -1.29. The molecule has 186 valence electrons. The van der Waals surface area contributed by atoms with Crippen molar-refractivity contribution in [3.63, 3.8) is 0 Å². The number of nitrogens with zero attached hydrogens (tertiary/aromatic N) is 1. The minimum absolute atomic E-state index is 0.161. The van der Waals surface area contributed by atoms with E-state index in [1.807, 2.05) is 65.6 Å². The van der Waals surface area contributed by atoms with Crippen molar-refractivity contribution in [2.45, 2.75) is 24.4 Å². The number of hydrogen-bond acceptors (Lipinski definition) is 4. The maximum Gasteiger partial charge on any atom is 0.238 e. The molecule has 6 heteroatoms. The molecule has 3 aliphatic heterocycles. The molecule has 4 atom stereocenters. The largest absolute Gasteiger partial charge is 0.352 e. The summed E-state index contributed by atoms with van der Waals surface area (Å²) in [5.41, 5.74) is 2.37. The molecule has 5 nitrogen and oxygen atoms in total. The van der Waals surface area contributed by atoms with Crippen molar-refractivity contribution in [3.8, 4) is 0 Å². The number of rotatable bonds is 3. The van der Waals surface area contributed by atoms with Crippen LogP contribution in [0.15, 0.2) is 91.0 Å². The number of Topliss-reactive ketones (excluding diaryl/α,β-unsaturated/α-hetero) is 2. The van der Waals surface area contributed by atoms with Gasteiger partial charge in [-0.05, 0) is 59.7 Å². The average molecular weight is 519 g/mol. The molecular weight excluding hydrogens is 496 g/mol. The molecule has 4 aromatic rings. The Balaban J connectivity index is 1.53. The lowest BCUT2D eigenvalue weighted by Gasteiger charge is -2.38. The lowest BCUT2D eigenvalue weighted by atomic mass is 9.64. The van der Waals surface area contributed by atoms with E-state index in [9.17, 15) is 14.4 Å². The Bertz CT molecular complexity index is 1710. The number of nitrogens with one attached hydrogen (secondary N) is 1. The van der Waals surface area contributed by atoms with Crippen LogP contribution in [0.2, 0.25) is 5.02 Å². The van der Waals surface area contributed by atoms with Gasteiger partial charge in [0.15, 0.2) is 11.6 Å². The topological polar surface area (TPSA) is 66.5 Å². The highest BCUT2D eigenvalue weighted by molar-refractivity contribution is 6.30. The fourth-order valence-electron chi connectivity index (χ4n) is 6.88. The fourth-order valence-corrected chi connectivity index (χ4v) is 7.01. The normalized spacial score (nSPS) is 24.7. The predicted octanol–water partition coefficient (Wildman–Crippen LogP) is 6.06. The van der Waals surface area contributed by atoms with Gasteiger partial charge < -0.3 is 10.2 Å². The van der Waals surface area contributed by atoms with Crippen LogP contribution in [-0.4, -0.2) is 29.6 Å². The second-order valence-corrected chi connectivity index (χ2v) is 10.6.